The second kappa shape index (κ2) is 7.35. The topological polar surface area (TPSA) is 8.17 Å². The van der Waals surface area contributed by atoms with Crippen LogP contribution in [0, 0.1) is 6.92 Å². The third kappa shape index (κ3) is 3.54. The molecule has 0 bridgehead atoms. The van der Waals surface area contributed by atoms with E-state index in [1.54, 1.807) is 0 Å². The summed E-state index contributed by atoms with van der Waals surface area (Å²) in [6, 6.07) is 12.5. The molecule has 3 aromatic rings. The van der Waals surface area contributed by atoms with Crippen LogP contribution in [0.15, 0.2) is 36.4 Å². The highest BCUT2D eigenvalue weighted by molar-refractivity contribution is 6.35. The predicted molar refractivity (Wildman–Crippen MR) is 118 cm³/mol. The fourth-order valence-corrected chi connectivity index (χ4v) is 4.59. The second-order valence-electron chi connectivity index (χ2n) is 7.56. The van der Waals surface area contributed by atoms with Crippen molar-refractivity contribution in [1.82, 2.24) is 9.47 Å². The summed E-state index contributed by atoms with van der Waals surface area (Å²) >= 11 is 12.5. The molecule has 0 fully saturated rings. The molecule has 27 heavy (non-hydrogen) atoms. The molecule has 1 aliphatic rings. The lowest BCUT2D eigenvalue weighted by Gasteiger charge is -2.13. The van der Waals surface area contributed by atoms with E-state index in [1.165, 1.54) is 27.7 Å². The molecule has 1 aliphatic heterocycles. The van der Waals surface area contributed by atoms with Gasteiger partial charge in [-0.15, -0.1) is 0 Å². The van der Waals surface area contributed by atoms with Crippen LogP contribution in [0.25, 0.3) is 22.7 Å². The van der Waals surface area contributed by atoms with Crippen molar-refractivity contribution in [3.8, 4) is 0 Å². The van der Waals surface area contributed by atoms with Gasteiger partial charge in [0.15, 0.2) is 0 Å². The van der Waals surface area contributed by atoms with E-state index in [1.807, 2.05) is 18.2 Å². The molecule has 2 aromatic carbocycles. The van der Waals surface area contributed by atoms with E-state index < -0.39 is 0 Å². The summed E-state index contributed by atoms with van der Waals surface area (Å²) in [5, 5.41) is 2.73. The summed E-state index contributed by atoms with van der Waals surface area (Å²) in [5.41, 5.74) is 7.65. The molecular formula is C23H24Cl2N2. The molecule has 0 aliphatic carbocycles. The van der Waals surface area contributed by atoms with Gasteiger partial charge in [-0.05, 0) is 68.3 Å². The van der Waals surface area contributed by atoms with Crippen molar-refractivity contribution in [1.29, 1.82) is 0 Å². The molecule has 2 nitrogen and oxygen atoms in total. The van der Waals surface area contributed by atoms with Gasteiger partial charge in [-0.2, -0.15) is 0 Å². The van der Waals surface area contributed by atoms with Crippen molar-refractivity contribution in [3.63, 3.8) is 0 Å². The average Bonchev–Trinajstić information content (AvgIpc) is 2.75. The van der Waals surface area contributed by atoms with Gasteiger partial charge in [0.2, 0.25) is 0 Å². The molecule has 0 unspecified atom stereocenters. The maximum absolute atomic E-state index is 6.45. The van der Waals surface area contributed by atoms with Crippen LogP contribution in [-0.4, -0.2) is 29.6 Å². The van der Waals surface area contributed by atoms with Crippen LogP contribution in [-0.2, 0) is 12.8 Å². The van der Waals surface area contributed by atoms with Gasteiger partial charge in [0.05, 0.1) is 5.52 Å². The Kier molecular flexibility index (Phi) is 5.07. The van der Waals surface area contributed by atoms with Gasteiger partial charge < -0.3 is 9.47 Å². The first-order chi connectivity index (χ1) is 12.9. The lowest BCUT2D eigenvalue weighted by molar-refractivity contribution is 0.351. The van der Waals surface area contributed by atoms with Crippen LogP contribution in [0.2, 0.25) is 10.0 Å². The number of rotatable bonds is 2. The quantitative estimate of drug-likeness (QED) is 0.491. The zero-order valence-corrected chi connectivity index (χ0v) is 17.5. The van der Waals surface area contributed by atoms with Gasteiger partial charge in [0.25, 0.3) is 0 Å². The molecule has 0 amide bonds. The number of nitrogens with zero attached hydrogens (tertiary/aromatic N) is 2. The highest BCUT2D eigenvalue weighted by Crippen LogP contribution is 2.33. The number of halogens is 2. The van der Waals surface area contributed by atoms with Gasteiger partial charge in [-0.25, -0.2) is 0 Å². The Morgan fingerprint density at radius 1 is 1.04 bits per heavy atom. The fourth-order valence-electron chi connectivity index (χ4n) is 4.03. The van der Waals surface area contributed by atoms with Crippen LogP contribution in [0.3, 0.4) is 0 Å². The molecule has 0 N–H and O–H groups in total. The number of hydrogen-bond donors (Lipinski definition) is 0. The molecule has 0 radical (unpaired) electrons. The Morgan fingerprint density at radius 2 is 1.81 bits per heavy atom. The molecule has 4 rings (SSSR count). The van der Waals surface area contributed by atoms with Crippen LogP contribution in [0.4, 0.5) is 0 Å². The Hall–Kier alpha value is -1.74. The van der Waals surface area contributed by atoms with Crippen molar-refractivity contribution in [2.45, 2.75) is 26.7 Å². The zero-order chi connectivity index (χ0) is 19.1. The lowest BCUT2D eigenvalue weighted by atomic mass is 10.1. The Balaban J connectivity index is 1.90. The van der Waals surface area contributed by atoms with Crippen molar-refractivity contribution >= 4 is 45.9 Å². The van der Waals surface area contributed by atoms with Crippen LogP contribution in [0.1, 0.15) is 29.3 Å². The molecule has 0 atom stereocenters. The normalized spacial score (nSPS) is 15.8. The summed E-state index contributed by atoms with van der Waals surface area (Å²) in [6.45, 7) is 6.47. The number of allylic oxidation sites excluding steroid dienone is 1. The molecule has 2 heterocycles. The van der Waals surface area contributed by atoms with E-state index in [0.717, 1.165) is 37.1 Å². The van der Waals surface area contributed by atoms with Gasteiger partial charge in [-0.1, -0.05) is 40.9 Å². The standard InChI is InChI=1S/C23H24Cl2N2/c1-15-4-7-22-20(12-15)19-8-10-26(3)11-9-23(19)27(22)14-16(2)18-6-5-17(24)13-21(18)25/h4-7,12-14H,8-11H2,1-3H3/b16-14+. The average molecular weight is 399 g/mol. The molecule has 0 spiro atoms. The van der Waals surface area contributed by atoms with Crippen molar-refractivity contribution < 1.29 is 0 Å². The Labute approximate surface area is 171 Å². The molecule has 0 saturated heterocycles. The number of aryl methyl sites for hydroxylation is 1. The van der Waals surface area contributed by atoms with Crippen LogP contribution in [0.5, 0.6) is 0 Å². The third-order valence-electron chi connectivity index (χ3n) is 5.53. The van der Waals surface area contributed by atoms with Crippen molar-refractivity contribution in [2.24, 2.45) is 0 Å². The second-order valence-corrected chi connectivity index (χ2v) is 8.40. The van der Waals surface area contributed by atoms with Crippen LogP contribution < -0.4 is 0 Å². The van der Waals surface area contributed by atoms with E-state index >= 15 is 0 Å². The molecular weight excluding hydrogens is 375 g/mol. The van der Waals surface area contributed by atoms with E-state index in [2.05, 4.69) is 54.8 Å². The van der Waals surface area contributed by atoms with Crippen molar-refractivity contribution in [3.05, 3.63) is 68.8 Å². The number of benzene rings is 2. The minimum Gasteiger partial charge on any atom is -0.320 e. The summed E-state index contributed by atoms with van der Waals surface area (Å²) in [6.07, 6.45) is 4.38. The Morgan fingerprint density at radius 3 is 2.59 bits per heavy atom. The molecule has 1 aromatic heterocycles. The van der Waals surface area contributed by atoms with Crippen LogP contribution >= 0.6 is 23.2 Å². The number of aromatic nitrogens is 1. The maximum atomic E-state index is 6.45. The highest BCUT2D eigenvalue weighted by Gasteiger charge is 2.20. The summed E-state index contributed by atoms with van der Waals surface area (Å²) in [5.74, 6) is 0. The number of hydrogen-bond acceptors (Lipinski definition) is 1. The van der Waals surface area contributed by atoms with Gasteiger partial charge in [-0.3, -0.25) is 0 Å². The van der Waals surface area contributed by atoms with E-state index in [9.17, 15) is 0 Å². The van der Waals surface area contributed by atoms with Gasteiger partial charge >= 0.3 is 0 Å². The van der Waals surface area contributed by atoms with Gasteiger partial charge in [0, 0.05) is 46.8 Å². The lowest BCUT2D eigenvalue weighted by Crippen LogP contribution is -2.21. The Bertz CT molecular complexity index is 1050. The minimum absolute atomic E-state index is 0.662. The van der Waals surface area contributed by atoms with E-state index in [-0.39, 0.29) is 0 Å². The first kappa shape index (κ1) is 18.6. The minimum atomic E-state index is 0.662. The fraction of sp³-hybridized carbons (Fsp3) is 0.304. The van der Waals surface area contributed by atoms with E-state index in [4.69, 9.17) is 23.2 Å². The molecule has 140 valence electrons. The summed E-state index contributed by atoms with van der Waals surface area (Å²) in [7, 11) is 2.21. The summed E-state index contributed by atoms with van der Waals surface area (Å²) in [4.78, 5) is 2.42. The SMILES string of the molecule is C/C(=C\n1c2c(c3cc(C)ccc31)CCN(C)CC2)c1ccc(Cl)cc1Cl. The summed E-state index contributed by atoms with van der Waals surface area (Å²) < 4.78 is 2.38. The maximum Gasteiger partial charge on any atom is 0.0528 e. The van der Waals surface area contributed by atoms with E-state index in [0.29, 0.717) is 10.0 Å². The molecule has 0 saturated carbocycles. The third-order valence-corrected chi connectivity index (χ3v) is 6.08. The smallest absolute Gasteiger partial charge is 0.0528 e. The number of fused-ring (bicyclic) bond motifs is 3. The number of likely N-dealkylation sites (N-methyl/N-ethyl adjacent to an activating group) is 1. The van der Waals surface area contributed by atoms with Gasteiger partial charge in [0.1, 0.15) is 0 Å². The zero-order valence-electron chi connectivity index (χ0n) is 16.0. The monoisotopic (exact) mass is 398 g/mol. The molecule has 4 heteroatoms. The first-order valence-corrected chi connectivity index (χ1v) is 10.1. The highest BCUT2D eigenvalue weighted by atomic mass is 35.5. The largest absolute Gasteiger partial charge is 0.320 e. The predicted octanol–water partition coefficient (Wildman–Crippen LogP) is 6.30. The first-order valence-electron chi connectivity index (χ1n) is 9.38. The van der Waals surface area contributed by atoms with Crippen molar-refractivity contribution in [2.75, 3.05) is 20.1 Å².